The largest absolute Gasteiger partial charge is 0.369 e. The van der Waals surface area contributed by atoms with Gasteiger partial charge in [-0.05, 0) is 19.1 Å². The molecule has 0 bridgehead atoms. The molecule has 0 aromatic heterocycles. The lowest BCUT2D eigenvalue weighted by Gasteiger charge is -2.31. The molecule has 0 aliphatic carbocycles. The molecule has 5 nitrogen and oxygen atoms in total. The Labute approximate surface area is 119 Å². The van der Waals surface area contributed by atoms with Gasteiger partial charge in [0.15, 0.2) is 6.04 Å². The molecule has 5 heteroatoms. The highest BCUT2D eigenvalue weighted by Crippen LogP contribution is 2.09. The normalized spacial score (nSPS) is 23.9. The molecule has 20 heavy (non-hydrogen) atoms. The molecular weight excluding hydrogens is 254 g/mol. The van der Waals surface area contributed by atoms with Crippen molar-refractivity contribution in [2.24, 2.45) is 11.7 Å². The van der Waals surface area contributed by atoms with Crippen LogP contribution in [0.2, 0.25) is 0 Å². The summed E-state index contributed by atoms with van der Waals surface area (Å²) < 4.78 is 0. The van der Waals surface area contributed by atoms with Crippen LogP contribution in [0, 0.1) is 5.92 Å². The van der Waals surface area contributed by atoms with E-state index in [0.717, 1.165) is 31.6 Å². The zero-order valence-electron chi connectivity index (χ0n) is 11.8. The summed E-state index contributed by atoms with van der Waals surface area (Å²) in [5.74, 6) is -0.225. The number of nitrogens with two attached hydrogens (primary N) is 1. The van der Waals surface area contributed by atoms with Crippen molar-refractivity contribution in [1.29, 1.82) is 0 Å². The van der Waals surface area contributed by atoms with Crippen LogP contribution in [0.3, 0.4) is 0 Å². The summed E-state index contributed by atoms with van der Waals surface area (Å²) in [7, 11) is 0. The van der Waals surface area contributed by atoms with E-state index in [4.69, 9.17) is 5.73 Å². The van der Waals surface area contributed by atoms with Crippen LogP contribution in [0.5, 0.6) is 0 Å². The first-order valence-corrected chi connectivity index (χ1v) is 7.07. The molecule has 1 atom stereocenters. The molecule has 1 aliphatic rings. The third-order valence-corrected chi connectivity index (χ3v) is 4.08. The number of likely N-dealkylation sites (tertiary alicyclic amines) is 1. The van der Waals surface area contributed by atoms with Crippen molar-refractivity contribution < 1.29 is 14.5 Å². The van der Waals surface area contributed by atoms with Crippen molar-refractivity contribution in [1.82, 2.24) is 0 Å². The highest BCUT2D eigenvalue weighted by molar-refractivity contribution is 5.93. The van der Waals surface area contributed by atoms with E-state index in [1.165, 1.54) is 4.90 Å². The number of anilines is 1. The average Bonchev–Trinajstić information content (AvgIpc) is 2.47. The lowest BCUT2D eigenvalue weighted by molar-refractivity contribution is -0.919. The lowest BCUT2D eigenvalue weighted by atomic mass is 9.95. The molecule has 108 valence electrons. The van der Waals surface area contributed by atoms with Crippen molar-refractivity contribution in [3.8, 4) is 0 Å². The summed E-state index contributed by atoms with van der Waals surface area (Å²) in [4.78, 5) is 24.6. The van der Waals surface area contributed by atoms with Gasteiger partial charge in [-0.25, -0.2) is 0 Å². The summed E-state index contributed by atoms with van der Waals surface area (Å²) in [6.45, 7) is 3.56. The third-order valence-electron chi connectivity index (χ3n) is 4.08. The molecule has 1 aliphatic heterocycles. The smallest absolute Gasteiger partial charge is 0.282 e. The van der Waals surface area contributed by atoms with Crippen molar-refractivity contribution in [2.75, 3.05) is 18.4 Å². The van der Waals surface area contributed by atoms with Gasteiger partial charge in [-0.1, -0.05) is 18.2 Å². The van der Waals surface area contributed by atoms with E-state index >= 15 is 0 Å². The fourth-order valence-corrected chi connectivity index (χ4v) is 2.66. The Balaban J connectivity index is 1.87. The summed E-state index contributed by atoms with van der Waals surface area (Å²) in [5.41, 5.74) is 6.14. The molecule has 2 rings (SSSR count). The summed E-state index contributed by atoms with van der Waals surface area (Å²) in [6.07, 6.45) is 1.54. The number of nitrogens with one attached hydrogen (secondary N) is 2. The monoisotopic (exact) mass is 276 g/mol. The summed E-state index contributed by atoms with van der Waals surface area (Å²) >= 11 is 0. The van der Waals surface area contributed by atoms with Crippen molar-refractivity contribution in [3.05, 3.63) is 30.3 Å². The number of para-hydroxylation sites is 1. The van der Waals surface area contributed by atoms with Gasteiger partial charge >= 0.3 is 0 Å². The molecule has 1 saturated heterocycles. The van der Waals surface area contributed by atoms with Crippen molar-refractivity contribution in [2.45, 2.75) is 25.8 Å². The zero-order chi connectivity index (χ0) is 14.5. The first-order chi connectivity index (χ1) is 9.58. The minimum atomic E-state index is -0.217. The van der Waals surface area contributed by atoms with Crippen LogP contribution in [0.15, 0.2) is 30.3 Å². The number of benzene rings is 1. The second-order valence-electron chi connectivity index (χ2n) is 5.41. The maximum Gasteiger partial charge on any atom is 0.282 e. The van der Waals surface area contributed by atoms with Crippen LogP contribution in [-0.4, -0.2) is 30.9 Å². The Morgan fingerprint density at radius 2 is 1.85 bits per heavy atom. The van der Waals surface area contributed by atoms with Gasteiger partial charge in [0.05, 0.1) is 13.1 Å². The summed E-state index contributed by atoms with van der Waals surface area (Å²) in [5, 5.41) is 2.92. The van der Waals surface area contributed by atoms with Crippen LogP contribution in [0.4, 0.5) is 5.69 Å². The number of rotatable bonds is 4. The van der Waals surface area contributed by atoms with E-state index < -0.39 is 0 Å². The van der Waals surface area contributed by atoms with Crippen molar-refractivity contribution >= 4 is 17.5 Å². The van der Waals surface area contributed by atoms with Gasteiger partial charge in [0.1, 0.15) is 0 Å². The predicted octanol–water partition coefficient (Wildman–Crippen LogP) is -0.206. The third kappa shape index (κ3) is 3.57. The molecule has 1 heterocycles. The van der Waals surface area contributed by atoms with E-state index in [1.807, 2.05) is 37.3 Å². The first-order valence-electron chi connectivity index (χ1n) is 7.07. The number of piperidine rings is 1. The first kappa shape index (κ1) is 14.5. The minimum Gasteiger partial charge on any atom is -0.369 e. The fourth-order valence-electron chi connectivity index (χ4n) is 2.66. The van der Waals surface area contributed by atoms with E-state index in [1.54, 1.807) is 0 Å². The molecule has 0 radical (unpaired) electrons. The number of primary amides is 1. The Morgan fingerprint density at radius 1 is 1.25 bits per heavy atom. The number of carbonyl (C=O) groups is 2. The molecular formula is C15H22N3O2+. The van der Waals surface area contributed by atoms with E-state index in [-0.39, 0.29) is 23.8 Å². The maximum absolute atomic E-state index is 12.2. The van der Waals surface area contributed by atoms with Crippen LogP contribution in [-0.2, 0) is 9.59 Å². The number of amides is 2. The quantitative estimate of drug-likeness (QED) is 0.712. The van der Waals surface area contributed by atoms with Gasteiger partial charge in [0, 0.05) is 24.4 Å². The number of hydrogen-bond acceptors (Lipinski definition) is 2. The van der Waals surface area contributed by atoms with Gasteiger partial charge in [-0.15, -0.1) is 0 Å². The van der Waals surface area contributed by atoms with Gasteiger partial charge in [-0.2, -0.15) is 0 Å². The fraction of sp³-hybridized carbons (Fsp3) is 0.467. The molecule has 0 unspecified atom stereocenters. The highest BCUT2D eigenvalue weighted by atomic mass is 16.2. The average molecular weight is 276 g/mol. The van der Waals surface area contributed by atoms with Crippen LogP contribution in [0.25, 0.3) is 0 Å². The lowest BCUT2D eigenvalue weighted by Crippen LogP contribution is -3.17. The molecule has 1 fully saturated rings. The molecule has 4 N–H and O–H groups in total. The van der Waals surface area contributed by atoms with Crippen LogP contribution >= 0.6 is 0 Å². The Hall–Kier alpha value is -1.88. The predicted molar refractivity (Wildman–Crippen MR) is 77.1 cm³/mol. The number of carbonyl (C=O) groups excluding carboxylic acids is 2. The van der Waals surface area contributed by atoms with E-state index in [0.29, 0.717) is 0 Å². The molecule has 0 saturated carbocycles. The standard InChI is InChI=1S/C15H21N3O2/c1-11(15(20)17-13-5-3-2-4-6-13)18-9-7-12(8-10-18)14(16)19/h2-6,11-12H,7-10H2,1H3,(H2,16,19)(H,17,20)/p+1/t11-/m1/s1. The van der Waals surface area contributed by atoms with Crippen LogP contribution in [0.1, 0.15) is 19.8 Å². The van der Waals surface area contributed by atoms with E-state index in [9.17, 15) is 9.59 Å². The van der Waals surface area contributed by atoms with Gasteiger partial charge < -0.3 is 16.0 Å². The Bertz CT molecular complexity index is 467. The van der Waals surface area contributed by atoms with Gasteiger partial charge in [0.2, 0.25) is 5.91 Å². The summed E-state index contributed by atoms with van der Waals surface area (Å²) in [6, 6.07) is 9.33. The minimum absolute atomic E-state index is 0.0173. The Kier molecular flexibility index (Phi) is 4.74. The van der Waals surface area contributed by atoms with Crippen molar-refractivity contribution in [3.63, 3.8) is 0 Å². The van der Waals surface area contributed by atoms with Crippen LogP contribution < -0.4 is 16.0 Å². The van der Waals surface area contributed by atoms with Gasteiger partial charge in [0.25, 0.3) is 5.91 Å². The number of hydrogen-bond donors (Lipinski definition) is 3. The van der Waals surface area contributed by atoms with E-state index in [2.05, 4.69) is 5.32 Å². The number of quaternary nitrogens is 1. The second kappa shape index (κ2) is 6.52. The Morgan fingerprint density at radius 3 is 2.40 bits per heavy atom. The van der Waals surface area contributed by atoms with Gasteiger partial charge in [-0.3, -0.25) is 9.59 Å². The molecule has 2 amide bonds. The SMILES string of the molecule is C[C@H](C(=O)Nc1ccccc1)[NH+]1CCC(C(N)=O)CC1. The molecule has 1 aromatic carbocycles. The second-order valence-corrected chi connectivity index (χ2v) is 5.41. The maximum atomic E-state index is 12.2. The molecule has 0 spiro atoms. The molecule has 1 aromatic rings. The highest BCUT2D eigenvalue weighted by Gasteiger charge is 2.31. The zero-order valence-corrected chi connectivity index (χ0v) is 11.8. The topological polar surface area (TPSA) is 76.6 Å².